The van der Waals surface area contributed by atoms with Crippen molar-refractivity contribution in [2.24, 2.45) is 0 Å². The van der Waals surface area contributed by atoms with E-state index in [1.165, 1.54) is 18.2 Å². The van der Waals surface area contributed by atoms with Crippen molar-refractivity contribution in [3.8, 4) is 5.75 Å². The molecule has 21 heavy (non-hydrogen) atoms. The Bertz CT molecular complexity index is 643. The fourth-order valence-electron chi connectivity index (χ4n) is 1.92. The highest BCUT2D eigenvalue weighted by molar-refractivity contribution is 6.31. The van der Waals surface area contributed by atoms with E-state index in [9.17, 15) is 9.18 Å². The normalized spacial score (nSPS) is 11.8. The predicted molar refractivity (Wildman–Crippen MR) is 80.3 cm³/mol. The van der Waals surface area contributed by atoms with Gasteiger partial charge in [-0.1, -0.05) is 23.7 Å². The maximum absolute atomic E-state index is 13.6. The molecule has 0 aliphatic carbocycles. The van der Waals surface area contributed by atoms with Crippen LogP contribution < -0.4 is 10.1 Å². The summed E-state index contributed by atoms with van der Waals surface area (Å²) in [4.78, 5) is 12.1. The van der Waals surface area contributed by atoms with Crippen molar-refractivity contribution in [3.05, 3.63) is 64.4 Å². The van der Waals surface area contributed by atoms with Crippen molar-refractivity contribution in [2.45, 2.75) is 13.0 Å². The van der Waals surface area contributed by atoms with Crippen LogP contribution in [0, 0.1) is 5.82 Å². The lowest BCUT2D eigenvalue weighted by atomic mass is 10.1. The minimum atomic E-state index is -0.598. The summed E-state index contributed by atoms with van der Waals surface area (Å²) < 4.78 is 18.7. The third kappa shape index (κ3) is 3.73. The first-order chi connectivity index (χ1) is 10.0. The molecule has 3 nitrogen and oxygen atoms in total. The second-order valence-corrected chi connectivity index (χ2v) is 5.03. The van der Waals surface area contributed by atoms with Gasteiger partial charge in [0.15, 0.2) is 0 Å². The maximum Gasteiger partial charge on any atom is 0.254 e. The molecular weight excluding hydrogens is 293 g/mol. The van der Waals surface area contributed by atoms with Gasteiger partial charge < -0.3 is 10.1 Å². The molecule has 0 aliphatic heterocycles. The summed E-state index contributed by atoms with van der Waals surface area (Å²) in [7, 11) is 1.59. The maximum atomic E-state index is 13.6. The van der Waals surface area contributed by atoms with Crippen LogP contribution in [0.25, 0.3) is 0 Å². The van der Waals surface area contributed by atoms with Crippen LogP contribution in [0.1, 0.15) is 28.9 Å². The molecule has 0 fully saturated rings. The Morgan fingerprint density at radius 1 is 1.24 bits per heavy atom. The van der Waals surface area contributed by atoms with Crippen LogP contribution in [0.4, 0.5) is 4.39 Å². The highest BCUT2D eigenvalue weighted by Gasteiger charge is 2.15. The van der Waals surface area contributed by atoms with Crippen molar-refractivity contribution < 1.29 is 13.9 Å². The van der Waals surface area contributed by atoms with Gasteiger partial charge in [-0.3, -0.25) is 4.79 Å². The third-order valence-corrected chi connectivity index (χ3v) is 3.37. The van der Waals surface area contributed by atoms with E-state index in [-0.39, 0.29) is 11.6 Å². The van der Waals surface area contributed by atoms with Gasteiger partial charge in [0.2, 0.25) is 0 Å². The van der Waals surface area contributed by atoms with Crippen LogP contribution in [0.5, 0.6) is 5.75 Å². The van der Waals surface area contributed by atoms with Crippen LogP contribution >= 0.6 is 11.6 Å². The van der Waals surface area contributed by atoms with Crippen LogP contribution in [0.3, 0.4) is 0 Å². The zero-order valence-electron chi connectivity index (χ0n) is 11.7. The van der Waals surface area contributed by atoms with E-state index in [1.807, 2.05) is 19.1 Å². The molecule has 2 aromatic carbocycles. The largest absolute Gasteiger partial charge is 0.497 e. The molecule has 0 aliphatic rings. The van der Waals surface area contributed by atoms with Gasteiger partial charge in [0, 0.05) is 5.02 Å². The topological polar surface area (TPSA) is 38.3 Å². The monoisotopic (exact) mass is 307 g/mol. The molecule has 0 saturated carbocycles. The first-order valence-corrected chi connectivity index (χ1v) is 6.79. The molecule has 0 bridgehead atoms. The molecule has 2 rings (SSSR count). The number of rotatable bonds is 4. The summed E-state index contributed by atoms with van der Waals surface area (Å²) in [6.45, 7) is 1.82. The van der Waals surface area contributed by atoms with Crippen molar-refractivity contribution in [1.82, 2.24) is 5.32 Å². The number of carbonyl (C=O) groups excluding carboxylic acids is 1. The lowest BCUT2D eigenvalue weighted by molar-refractivity contribution is 0.0936. The molecule has 0 radical (unpaired) electrons. The van der Waals surface area contributed by atoms with Gasteiger partial charge in [-0.05, 0) is 42.8 Å². The van der Waals surface area contributed by atoms with Crippen molar-refractivity contribution >= 4 is 17.5 Å². The Balaban J connectivity index is 2.12. The molecule has 110 valence electrons. The number of hydrogen-bond donors (Lipinski definition) is 1. The number of amides is 1. The Hall–Kier alpha value is -2.07. The highest BCUT2D eigenvalue weighted by Crippen LogP contribution is 2.19. The number of nitrogens with one attached hydrogen (secondary N) is 1. The van der Waals surface area contributed by atoms with E-state index in [0.717, 1.165) is 11.3 Å². The molecule has 0 saturated heterocycles. The molecule has 1 atom stereocenters. The summed E-state index contributed by atoms with van der Waals surface area (Å²) in [5.41, 5.74) is 0.828. The smallest absolute Gasteiger partial charge is 0.254 e. The van der Waals surface area contributed by atoms with E-state index in [1.54, 1.807) is 19.2 Å². The number of hydrogen-bond acceptors (Lipinski definition) is 2. The molecule has 1 unspecified atom stereocenters. The molecule has 0 spiro atoms. The summed E-state index contributed by atoms with van der Waals surface area (Å²) in [6, 6.07) is 10.9. The van der Waals surface area contributed by atoms with E-state index in [4.69, 9.17) is 16.3 Å². The van der Waals surface area contributed by atoms with Crippen molar-refractivity contribution in [1.29, 1.82) is 0 Å². The van der Waals surface area contributed by atoms with Gasteiger partial charge in [0.1, 0.15) is 11.6 Å². The Kier molecular flexibility index (Phi) is 4.81. The van der Waals surface area contributed by atoms with Gasteiger partial charge in [-0.2, -0.15) is 0 Å². The molecule has 0 aromatic heterocycles. The lowest BCUT2D eigenvalue weighted by Crippen LogP contribution is -2.27. The van der Waals surface area contributed by atoms with E-state index < -0.39 is 11.7 Å². The molecule has 0 heterocycles. The second kappa shape index (κ2) is 6.59. The standard InChI is InChI=1S/C16H15ClFNO2/c1-10(11-3-6-13(21-2)7-4-11)19-16(20)14-9-12(17)5-8-15(14)18/h3-10H,1-2H3,(H,19,20). The number of benzene rings is 2. The van der Waals surface area contributed by atoms with E-state index in [0.29, 0.717) is 5.02 Å². The second-order valence-electron chi connectivity index (χ2n) is 4.59. The molecular formula is C16H15ClFNO2. The summed E-state index contributed by atoms with van der Waals surface area (Å²) in [6.07, 6.45) is 0. The van der Waals surface area contributed by atoms with Gasteiger partial charge in [0.05, 0.1) is 18.7 Å². The fraction of sp³-hybridized carbons (Fsp3) is 0.188. The predicted octanol–water partition coefficient (Wildman–Crippen LogP) is 3.98. The zero-order chi connectivity index (χ0) is 15.4. The third-order valence-electron chi connectivity index (χ3n) is 3.14. The first-order valence-electron chi connectivity index (χ1n) is 6.41. The highest BCUT2D eigenvalue weighted by atomic mass is 35.5. The average molecular weight is 308 g/mol. The minimum absolute atomic E-state index is 0.0668. The van der Waals surface area contributed by atoms with Gasteiger partial charge in [-0.15, -0.1) is 0 Å². The van der Waals surface area contributed by atoms with Crippen LogP contribution in [0.15, 0.2) is 42.5 Å². The Morgan fingerprint density at radius 2 is 1.90 bits per heavy atom. The molecule has 1 N–H and O–H groups in total. The summed E-state index contributed by atoms with van der Waals surface area (Å²) in [5.74, 6) is -0.365. The van der Waals surface area contributed by atoms with Crippen LogP contribution in [-0.4, -0.2) is 13.0 Å². The molecule has 1 amide bonds. The Morgan fingerprint density at radius 3 is 2.52 bits per heavy atom. The van der Waals surface area contributed by atoms with Crippen LogP contribution in [-0.2, 0) is 0 Å². The quantitative estimate of drug-likeness (QED) is 0.928. The zero-order valence-corrected chi connectivity index (χ0v) is 12.4. The van der Waals surface area contributed by atoms with Gasteiger partial charge in [0.25, 0.3) is 5.91 Å². The number of methoxy groups -OCH3 is 1. The average Bonchev–Trinajstić information content (AvgIpc) is 2.49. The SMILES string of the molecule is COc1ccc(C(C)NC(=O)c2cc(Cl)ccc2F)cc1. The van der Waals surface area contributed by atoms with Crippen molar-refractivity contribution in [3.63, 3.8) is 0 Å². The summed E-state index contributed by atoms with van der Waals surface area (Å²) in [5, 5.41) is 3.06. The number of carbonyl (C=O) groups is 1. The fourth-order valence-corrected chi connectivity index (χ4v) is 2.09. The Labute approximate surface area is 127 Å². The number of halogens is 2. The molecule has 5 heteroatoms. The van der Waals surface area contributed by atoms with Crippen LogP contribution in [0.2, 0.25) is 5.02 Å². The first kappa shape index (κ1) is 15.3. The van der Waals surface area contributed by atoms with E-state index in [2.05, 4.69) is 5.32 Å². The number of ether oxygens (including phenoxy) is 1. The van der Waals surface area contributed by atoms with Gasteiger partial charge in [-0.25, -0.2) is 4.39 Å². The minimum Gasteiger partial charge on any atom is -0.497 e. The summed E-state index contributed by atoms with van der Waals surface area (Å²) >= 11 is 5.79. The lowest BCUT2D eigenvalue weighted by Gasteiger charge is -2.15. The van der Waals surface area contributed by atoms with E-state index >= 15 is 0 Å². The van der Waals surface area contributed by atoms with Gasteiger partial charge >= 0.3 is 0 Å². The van der Waals surface area contributed by atoms with Crippen molar-refractivity contribution in [2.75, 3.05) is 7.11 Å². The molecule has 2 aromatic rings.